The summed E-state index contributed by atoms with van der Waals surface area (Å²) in [5.41, 5.74) is 2.88. The second kappa shape index (κ2) is 8.27. The van der Waals surface area contributed by atoms with Gasteiger partial charge in [-0.25, -0.2) is 4.98 Å². The second-order valence-electron chi connectivity index (χ2n) is 6.49. The minimum absolute atomic E-state index is 0.148. The molecule has 1 aliphatic heterocycles. The molecule has 1 atom stereocenters. The van der Waals surface area contributed by atoms with Gasteiger partial charge in [-0.3, -0.25) is 14.5 Å². The smallest absolute Gasteiger partial charge is 0.222 e. The highest BCUT2D eigenvalue weighted by Crippen LogP contribution is 2.25. The first-order valence-electron chi connectivity index (χ1n) is 8.97. The molecule has 26 heavy (non-hydrogen) atoms. The van der Waals surface area contributed by atoms with E-state index in [9.17, 15) is 4.79 Å². The van der Waals surface area contributed by atoms with Crippen molar-refractivity contribution in [1.29, 1.82) is 0 Å². The summed E-state index contributed by atoms with van der Waals surface area (Å²) in [6.07, 6.45) is 4.31. The van der Waals surface area contributed by atoms with Gasteiger partial charge in [0.05, 0.1) is 18.8 Å². The van der Waals surface area contributed by atoms with E-state index in [1.54, 1.807) is 19.4 Å². The molecular formula is C18H26N6O2. The largest absolute Gasteiger partial charge is 0.372 e. The fourth-order valence-electron chi connectivity index (χ4n) is 3.26. The highest BCUT2D eigenvalue weighted by atomic mass is 16.5. The number of rotatable bonds is 6. The number of aryl methyl sites for hydroxylation is 3. The molecule has 1 N–H and O–H groups in total. The van der Waals surface area contributed by atoms with Gasteiger partial charge in [0.1, 0.15) is 17.6 Å². The molecular weight excluding hydrogens is 332 g/mol. The summed E-state index contributed by atoms with van der Waals surface area (Å²) in [6.45, 7) is 6.40. The van der Waals surface area contributed by atoms with Crippen molar-refractivity contribution < 1.29 is 9.53 Å². The molecule has 0 unspecified atom stereocenters. The first-order chi connectivity index (χ1) is 12.6. The summed E-state index contributed by atoms with van der Waals surface area (Å²) in [4.78, 5) is 23.1. The van der Waals surface area contributed by atoms with Crippen molar-refractivity contribution in [2.24, 2.45) is 0 Å². The number of morpholine rings is 1. The van der Waals surface area contributed by atoms with Crippen LogP contribution < -0.4 is 5.32 Å². The van der Waals surface area contributed by atoms with Crippen LogP contribution in [0.4, 0.5) is 5.82 Å². The Balaban J connectivity index is 1.55. The van der Waals surface area contributed by atoms with Gasteiger partial charge in [0.15, 0.2) is 0 Å². The number of nitrogens with zero attached hydrogens (tertiary/aromatic N) is 5. The predicted octanol–water partition coefficient (Wildman–Crippen LogP) is 1.71. The highest BCUT2D eigenvalue weighted by molar-refractivity contribution is 5.76. The van der Waals surface area contributed by atoms with Crippen LogP contribution in [0.15, 0.2) is 18.5 Å². The zero-order valence-electron chi connectivity index (χ0n) is 15.6. The fraction of sp³-hybridized carbons (Fsp3) is 0.556. The molecule has 0 saturated carbocycles. The van der Waals surface area contributed by atoms with Crippen molar-refractivity contribution in [2.75, 3.05) is 32.1 Å². The SMILES string of the molecule is CNc1nccnc1[C@H]1CN(C(=O)CCCn2nc(C)cc2C)CCO1. The van der Waals surface area contributed by atoms with E-state index in [1.807, 2.05) is 23.4 Å². The summed E-state index contributed by atoms with van der Waals surface area (Å²) >= 11 is 0. The molecule has 3 rings (SSSR count). The summed E-state index contributed by atoms with van der Waals surface area (Å²) < 4.78 is 7.79. The lowest BCUT2D eigenvalue weighted by Gasteiger charge is -2.33. The first-order valence-corrected chi connectivity index (χ1v) is 8.97. The van der Waals surface area contributed by atoms with E-state index in [2.05, 4.69) is 26.4 Å². The van der Waals surface area contributed by atoms with Crippen molar-refractivity contribution in [3.63, 3.8) is 0 Å². The van der Waals surface area contributed by atoms with Gasteiger partial charge in [-0.2, -0.15) is 5.10 Å². The van der Waals surface area contributed by atoms with E-state index < -0.39 is 0 Å². The number of anilines is 1. The molecule has 2 aromatic heterocycles. The monoisotopic (exact) mass is 358 g/mol. The Hall–Kier alpha value is -2.48. The maximum Gasteiger partial charge on any atom is 0.222 e. The van der Waals surface area contributed by atoms with Gasteiger partial charge in [-0.15, -0.1) is 0 Å². The van der Waals surface area contributed by atoms with Crippen molar-refractivity contribution in [2.45, 2.75) is 39.3 Å². The van der Waals surface area contributed by atoms with Crippen molar-refractivity contribution in [1.82, 2.24) is 24.6 Å². The Morgan fingerprint density at radius 3 is 2.88 bits per heavy atom. The normalized spacial score (nSPS) is 17.3. The molecule has 0 radical (unpaired) electrons. The van der Waals surface area contributed by atoms with Crippen LogP contribution in [0, 0.1) is 13.8 Å². The van der Waals surface area contributed by atoms with Crippen molar-refractivity contribution in [3.05, 3.63) is 35.5 Å². The number of aromatic nitrogens is 4. The summed E-state index contributed by atoms with van der Waals surface area (Å²) in [6, 6.07) is 2.05. The molecule has 8 heteroatoms. The molecule has 2 aromatic rings. The Morgan fingerprint density at radius 1 is 1.35 bits per heavy atom. The molecule has 0 spiro atoms. The van der Waals surface area contributed by atoms with Gasteiger partial charge < -0.3 is 15.0 Å². The topological polar surface area (TPSA) is 85.2 Å². The summed E-state index contributed by atoms with van der Waals surface area (Å²) in [5, 5.41) is 7.47. The van der Waals surface area contributed by atoms with E-state index >= 15 is 0 Å². The lowest BCUT2D eigenvalue weighted by Crippen LogP contribution is -2.42. The molecule has 140 valence electrons. The summed E-state index contributed by atoms with van der Waals surface area (Å²) in [5.74, 6) is 0.839. The highest BCUT2D eigenvalue weighted by Gasteiger charge is 2.28. The predicted molar refractivity (Wildman–Crippen MR) is 97.8 cm³/mol. The molecule has 1 aliphatic rings. The van der Waals surface area contributed by atoms with Crippen LogP contribution >= 0.6 is 0 Å². The third-order valence-corrected chi connectivity index (χ3v) is 4.55. The molecule has 0 aromatic carbocycles. The van der Waals surface area contributed by atoms with Gasteiger partial charge in [0.25, 0.3) is 0 Å². The maximum atomic E-state index is 12.6. The average Bonchev–Trinajstić information content (AvgIpc) is 2.99. The van der Waals surface area contributed by atoms with E-state index in [-0.39, 0.29) is 12.0 Å². The number of ether oxygens (including phenoxy) is 1. The van der Waals surface area contributed by atoms with E-state index in [0.717, 1.165) is 30.0 Å². The van der Waals surface area contributed by atoms with Crippen LogP contribution in [-0.4, -0.2) is 57.3 Å². The lowest BCUT2D eigenvalue weighted by atomic mass is 10.1. The lowest BCUT2D eigenvalue weighted by molar-refractivity contribution is -0.139. The minimum atomic E-state index is -0.250. The van der Waals surface area contributed by atoms with Crippen LogP contribution in [0.25, 0.3) is 0 Å². The molecule has 3 heterocycles. The first kappa shape index (κ1) is 18.3. The Kier molecular flexibility index (Phi) is 5.82. The average molecular weight is 358 g/mol. The Morgan fingerprint density at radius 2 is 2.15 bits per heavy atom. The zero-order chi connectivity index (χ0) is 18.5. The Labute approximate surface area is 153 Å². The van der Waals surface area contributed by atoms with Crippen LogP contribution in [0.5, 0.6) is 0 Å². The van der Waals surface area contributed by atoms with Gasteiger partial charge >= 0.3 is 0 Å². The number of hydrogen-bond donors (Lipinski definition) is 1. The van der Waals surface area contributed by atoms with Crippen LogP contribution in [0.3, 0.4) is 0 Å². The number of hydrogen-bond acceptors (Lipinski definition) is 6. The van der Waals surface area contributed by atoms with Crippen LogP contribution in [0.1, 0.15) is 36.0 Å². The molecule has 8 nitrogen and oxygen atoms in total. The quantitative estimate of drug-likeness (QED) is 0.846. The number of carbonyl (C=O) groups excluding carboxylic acids is 1. The summed E-state index contributed by atoms with van der Waals surface area (Å²) in [7, 11) is 1.80. The van der Waals surface area contributed by atoms with Gasteiger partial charge in [0, 0.05) is 44.6 Å². The number of carbonyl (C=O) groups is 1. The minimum Gasteiger partial charge on any atom is -0.372 e. The van der Waals surface area contributed by atoms with Crippen molar-refractivity contribution in [3.8, 4) is 0 Å². The number of nitrogens with one attached hydrogen (secondary N) is 1. The van der Waals surface area contributed by atoms with Crippen molar-refractivity contribution >= 4 is 11.7 Å². The standard InChI is InChI=1S/C18H26N6O2/c1-13-11-14(2)24(22-13)8-4-5-16(25)23-9-10-26-15(12-23)17-18(19-3)21-7-6-20-17/h6-7,11,15H,4-5,8-10,12H2,1-3H3,(H,19,21)/t15-/m1/s1. The van der Waals surface area contributed by atoms with Gasteiger partial charge in [-0.1, -0.05) is 0 Å². The molecule has 0 aliphatic carbocycles. The molecule has 0 bridgehead atoms. The third-order valence-electron chi connectivity index (χ3n) is 4.55. The van der Waals surface area contributed by atoms with Gasteiger partial charge in [0.2, 0.25) is 5.91 Å². The van der Waals surface area contributed by atoms with Gasteiger partial charge in [-0.05, 0) is 26.3 Å². The third kappa shape index (κ3) is 4.19. The Bertz CT molecular complexity index is 760. The molecule has 1 fully saturated rings. The van der Waals surface area contributed by atoms with E-state index in [4.69, 9.17) is 4.74 Å². The number of amides is 1. The molecule has 1 saturated heterocycles. The second-order valence-corrected chi connectivity index (χ2v) is 6.49. The van der Waals surface area contributed by atoms with E-state index in [0.29, 0.717) is 31.9 Å². The van der Waals surface area contributed by atoms with Crippen LogP contribution in [0.2, 0.25) is 0 Å². The van der Waals surface area contributed by atoms with Crippen LogP contribution in [-0.2, 0) is 16.1 Å². The van der Waals surface area contributed by atoms with E-state index in [1.165, 1.54) is 0 Å². The molecule has 1 amide bonds. The maximum absolute atomic E-state index is 12.6. The zero-order valence-corrected chi connectivity index (χ0v) is 15.6. The fourth-order valence-corrected chi connectivity index (χ4v) is 3.26.